The Balaban J connectivity index is 1.63. The molecule has 2 atom stereocenters. The topological polar surface area (TPSA) is 67.2 Å². The van der Waals surface area contributed by atoms with E-state index < -0.39 is 0 Å². The number of carbonyl (C=O) groups is 1. The Bertz CT molecular complexity index is 718. The predicted molar refractivity (Wildman–Crippen MR) is 103 cm³/mol. The maximum atomic E-state index is 12.3. The number of benzene rings is 1. The van der Waals surface area contributed by atoms with E-state index in [-0.39, 0.29) is 11.4 Å². The molecule has 0 saturated carbocycles. The molecule has 1 aromatic heterocycles. The zero-order valence-corrected chi connectivity index (χ0v) is 15.9. The molecular weight excluding hydrogens is 326 g/mol. The van der Waals surface area contributed by atoms with Crippen molar-refractivity contribution < 1.29 is 9.32 Å². The van der Waals surface area contributed by atoms with Crippen LogP contribution >= 0.6 is 0 Å². The van der Waals surface area contributed by atoms with E-state index in [0.717, 1.165) is 42.9 Å². The summed E-state index contributed by atoms with van der Waals surface area (Å²) in [5.74, 6) is 1.70. The minimum atomic E-state index is -0.184. The van der Waals surface area contributed by atoms with Crippen molar-refractivity contribution in [2.24, 2.45) is 11.8 Å². The first-order valence-corrected chi connectivity index (χ1v) is 9.43. The van der Waals surface area contributed by atoms with Crippen molar-refractivity contribution in [1.82, 2.24) is 15.8 Å². The lowest BCUT2D eigenvalue weighted by Gasteiger charge is -2.32. The van der Waals surface area contributed by atoms with Gasteiger partial charge in [0.2, 0.25) is 5.91 Å². The number of rotatable bonds is 5. The standard InChI is InChI=1S/C21H29N3O2/c1-21(2,3)23-20(25)12-16-9-10-22-14-17(16)11-18-13-19(26-24-18)15-7-5-4-6-8-15/h4-8,13,16-17,22H,9-12,14H2,1-3H3,(H,23,25)/t16-,17-/m0/s1. The predicted octanol–water partition coefficient (Wildman–Crippen LogP) is 3.41. The highest BCUT2D eigenvalue weighted by Crippen LogP contribution is 2.28. The summed E-state index contributed by atoms with van der Waals surface area (Å²) in [6, 6.07) is 12.0. The second kappa shape index (κ2) is 8.04. The molecule has 2 aromatic rings. The number of aromatic nitrogens is 1. The summed E-state index contributed by atoms with van der Waals surface area (Å²) in [5, 5.41) is 10.8. The van der Waals surface area contributed by atoms with E-state index in [1.54, 1.807) is 0 Å². The highest BCUT2D eigenvalue weighted by Gasteiger charge is 2.29. The third-order valence-electron chi connectivity index (χ3n) is 4.82. The lowest BCUT2D eigenvalue weighted by molar-refractivity contribution is -0.124. The molecule has 5 heteroatoms. The Kier molecular flexibility index (Phi) is 5.77. The number of piperidine rings is 1. The van der Waals surface area contributed by atoms with Crippen LogP contribution in [0.2, 0.25) is 0 Å². The third-order valence-corrected chi connectivity index (χ3v) is 4.82. The molecule has 5 nitrogen and oxygen atoms in total. The fourth-order valence-corrected chi connectivity index (χ4v) is 3.61. The highest BCUT2D eigenvalue weighted by atomic mass is 16.5. The summed E-state index contributed by atoms with van der Waals surface area (Å²) >= 11 is 0. The van der Waals surface area contributed by atoms with Gasteiger partial charge >= 0.3 is 0 Å². The molecule has 1 fully saturated rings. The highest BCUT2D eigenvalue weighted by molar-refractivity contribution is 5.77. The Morgan fingerprint density at radius 3 is 2.77 bits per heavy atom. The first-order valence-electron chi connectivity index (χ1n) is 9.43. The van der Waals surface area contributed by atoms with Gasteiger partial charge in [-0.3, -0.25) is 4.79 Å². The van der Waals surface area contributed by atoms with E-state index in [2.05, 4.69) is 15.8 Å². The lowest BCUT2D eigenvalue weighted by atomic mass is 9.81. The quantitative estimate of drug-likeness (QED) is 0.862. The van der Waals surface area contributed by atoms with Gasteiger partial charge in [-0.05, 0) is 58.5 Å². The van der Waals surface area contributed by atoms with Crippen molar-refractivity contribution in [3.63, 3.8) is 0 Å². The molecule has 1 amide bonds. The van der Waals surface area contributed by atoms with Crippen LogP contribution in [0, 0.1) is 11.8 Å². The first kappa shape index (κ1) is 18.6. The summed E-state index contributed by atoms with van der Waals surface area (Å²) in [4.78, 5) is 12.3. The van der Waals surface area contributed by atoms with Gasteiger partial charge in [0.15, 0.2) is 5.76 Å². The fourth-order valence-electron chi connectivity index (χ4n) is 3.61. The minimum absolute atomic E-state index is 0.138. The summed E-state index contributed by atoms with van der Waals surface area (Å²) in [7, 11) is 0. The molecule has 1 saturated heterocycles. The maximum absolute atomic E-state index is 12.3. The van der Waals surface area contributed by atoms with E-state index in [0.29, 0.717) is 18.3 Å². The van der Waals surface area contributed by atoms with Crippen molar-refractivity contribution in [2.75, 3.05) is 13.1 Å². The van der Waals surface area contributed by atoms with Gasteiger partial charge < -0.3 is 15.2 Å². The van der Waals surface area contributed by atoms with E-state index in [1.165, 1.54) is 0 Å². The van der Waals surface area contributed by atoms with Gasteiger partial charge in [-0.25, -0.2) is 0 Å². The van der Waals surface area contributed by atoms with Crippen LogP contribution in [0.4, 0.5) is 0 Å². The van der Waals surface area contributed by atoms with Crippen LogP contribution in [0.15, 0.2) is 40.9 Å². The second-order valence-corrected chi connectivity index (χ2v) is 8.27. The number of nitrogens with zero attached hydrogens (tertiary/aromatic N) is 1. The zero-order chi connectivity index (χ0) is 18.6. The van der Waals surface area contributed by atoms with Crippen LogP contribution in [-0.4, -0.2) is 29.7 Å². The molecule has 0 unspecified atom stereocenters. The largest absolute Gasteiger partial charge is 0.356 e. The molecule has 1 aliphatic rings. The van der Waals surface area contributed by atoms with Gasteiger partial charge in [0.05, 0.1) is 5.69 Å². The molecule has 2 N–H and O–H groups in total. The van der Waals surface area contributed by atoms with Gasteiger partial charge in [-0.1, -0.05) is 35.5 Å². The van der Waals surface area contributed by atoms with Gasteiger partial charge in [0.1, 0.15) is 0 Å². The molecule has 0 aliphatic carbocycles. The summed E-state index contributed by atoms with van der Waals surface area (Å²) in [6.07, 6.45) is 2.43. The molecule has 0 spiro atoms. The molecule has 3 rings (SSSR count). The Morgan fingerprint density at radius 1 is 1.27 bits per heavy atom. The zero-order valence-electron chi connectivity index (χ0n) is 15.9. The van der Waals surface area contributed by atoms with Crippen molar-refractivity contribution >= 4 is 5.91 Å². The Morgan fingerprint density at radius 2 is 2.04 bits per heavy atom. The van der Waals surface area contributed by atoms with Crippen LogP contribution in [0.5, 0.6) is 0 Å². The number of hydrogen-bond donors (Lipinski definition) is 2. The smallest absolute Gasteiger partial charge is 0.220 e. The van der Waals surface area contributed by atoms with Crippen LogP contribution in [-0.2, 0) is 11.2 Å². The van der Waals surface area contributed by atoms with Gasteiger partial charge in [0.25, 0.3) is 0 Å². The summed E-state index contributed by atoms with van der Waals surface area (Å²) < 4.78 is 5.52. The average molecular weight is 355 g/mol. The summed E-state index contributed by atoms with van der Waals surface area (Å²) in [5.41, 5.74) is 1.81. The molecule has 0 bridgehead atoms. The van der Waals surface area contributed by atoms with E-state index >= 15 is 0 Å². The fraction of sp³-hybridized carbons (Fsp3) is 0.524. The second-order valence-electron chi connectivity index (χ2n) is 8.27. The third kappa shape index (κ3) is 5.18. The molecule has 0 radical (unpaired) electrons. The molecule has 140 valence electrons. The SMILES string of the molecule is CC(C)(C)NC(=O)C[C@@H]1CCNC[C@@H]1Cc1cc(-c2ccccc2)on1. The Labute approximate surface area is 155 Å². The number of nitrogens with one attached hydrogen (secondary N) is 2. The number of hydrogen-bond acceptors (Lipinski definition) is 4. The molecule has 1 aromatic carbocycles. The van der Waals surface area contributed by atoms with Crippen LogP contribution in [0.1, 0.15) is 39.3 Å². The number of carbonyl (C=O) groups excluding carboxylic acids is 1. The van der Waals surface area contributed by atoms with Crippen molar-refractivity contribution in [3.05, 3.63) is 42.1 Å². The van der Waals surface area contributed by atoms with E-state index in [4.69, 9.17) is 4.52 Å². The monoisotopic (exact) mass is 355 g/mol. The average Bonchev–Trinajstić information content (AvgIpc) is 3.04. The van der Waals surface area contributed by atoms with Crippen molar-refractivity contribution in [3.8, 4) is 11.3 Å². The van der Waals surface area contributed by atoms with Gasteiger partial charge in [-0.2, -0.15) is 0 Å². The van der Waals surface area contributed by atoms with Gasteiger partial charge in [0, 0.05) is 23.6 Å². The van der Waals surface area contributed by atoms with Crippen LogP contribution in [0.3, 0.4) is 0 Å². The first-order chi connectivity index (χ1) is 12.4. The normalized spacial score (nSPS) is 20.7. The molecular formula is C21H29N3O2. The Hall–Kier alpha value is -2.14. The van der Waals surface area contributed by atoms with Crippen molar-refractivity contribution in [1.29, 1.82) is 0 Å². The summed E-state index contributed by atoms with van der Waals surface area (Å²) in [6.45, 7) is 7.95. The lowest BCUT2D eigenvalue weighted by Crippen LogP contribution is -2.44. The molecule has 26 heavy (non-hydrogen) atoms. The van der Waals surface area contributed by atoms with Crippen molar-refractivity contribution in [2.45, 2.75) is 45.6 Å². The van der Waals surface area contributed by atoms with Crippen LogP contribution < -0.4 is 10.6 Å². The van der Waals surface area contributed by atoms with Crippen LogP contribution in [0.25, 0.3) is 11.3 Å². The number of amides is 1. The molecule has 2 heterocycles. The van der Waals surface area contributed by atoms with E-state index in [1.807, 2.05) is 57.2 Å². The maximum Gasteiger partial charge on any atom is 0.220 e. The minimum Gasteiger partial charge on any atom is -0.356 e. The van der Waals surface area contributed by atoms with E-state index in [9.17, 15) is 4.79 Å². The van der Waals surface area contributed by atoms with Gasteiger partial charge in [-0.15, -0.1) is 0 Å². The molecule has 1 aliphatic heterocycles.